The fourth-order valence-electron chi connectivity index (χ4n) is 1.66. The number of benzene rings is 1. The molecular weight excluding hydrogens is 193 g/mol. The molecule has 2 nitrogen and oxygen atoms in total. The van der Waals surface area contributed by atoms with Crippen molar-refractivity contribution in [2.75, 3.05) is 7.11 Å². The molecule has 0 amide bonds. The Hall–Kier alpha value is -1.09. The molecule has 0 saturated heterocycles. The summed E-state index contributed by atoms with van der Waals surface area (Å²) < 4.78 is 18.5. The lowest BCUT2D eigenvalue weighted by atomic mass is 10.0. The molecule has 3 heteroatoms. The Morgan fingerprint density at radius 2 is 2.20 bits per heavy atom. The van der Waals surface area contributed by atoms with Gasteiger partial charge in [0.2, 0.25) is 0 Å². The van der Waals surface area contributed by atoms with Gasteiger partial charge in [-0.15, -0.1) is 0 Å². The van der Waals surface area contributed by atoms with E-state index in [-0.39, 0.29) is 11.4 Å². The highest BCUT2D eigenvalue weighted by molar-refractivity contribution is 5.30. The first-order valence-corrected chi connectivity index (χ1v) is 5.24. The van der Waals surface area contributed by atoms with Crippen molar-refractivity contribution in [3.05, 3.63) is 29.6 Å². The predicted octanol–water partition coefficient (Wildman–Crippen LogP) is 2.26. The van der Waals surface area contributed by atoms with Gasteiger partial charge in [-0.1, -0.05) is 0 Å². The summed E-state index contributed by atoms with van der Waals surface area (Å²) in [5.74, 6) is 0.535. The molecule has 0 atom stereocenters. The van der Waals surface area contributed by atoms with E-state index in [4.69, 9.17) is 10.5 Å². The number of hydrogen-bond donors (Lipinski definition) is 1. The van der Waals surface area contributed by atoms with E-state index >= 15 is 0 Å². The third-order valence-corrected chi connectivity index (χ3v) is 3.04. The van der Waals surface area contributed by atoms with E-state index in [0.717, 1.165) is 19.3 Å². The molecule has 1 aromatic rings. The van der Waals surface area contributed by atoms with Crippen LogP contribution in [0.5, 0.6) is 5.75 Å². The molecule has 2 rings (SSSR count). The summed E-state index contributed by atoms with van der Waals surface area (Å²) in [6.07, 6.45) is 3.69. The van der Waals surface area contributed by atoms with Crippen molar-refractivity contribution < 1.29 is 9.13 Å². The smallest absolute Gasteiger partial charge is 0.126 e. The van der Waals surface area contributed by atoms with Crippen LogP contribution in [-0.2, 0) is 6.42 Å². The summed E-state index contributed by atoms with van der Waals surface area (Å²) in [5.41, 5.74) is 6.64. The molecule has 0 radical (unpaired) electrons. The fourth-order valence-corrected chi connectivity index (χ4v) is 1.66. The zero-order valence-corrected chi connectivity index (χ0v) is 8.92. The number of rotatable bonds is 4. The van der Waals surface area contributed by atoms with Crippen molar-refractivity contribution in [2.45, 2.75) is 31.2 Å². The van der Waals surface area contributed by atoms with Crippen LogP contribution in [0.1, 0.15) is 24.8 Å². The highest BCUT2D eigenvalue weighted by Gasteiger charge is 2.37. The maximum Gasteiger partial charge on any atom is 0.126 e. The van der Waals surface area contributed by atoms with E-state index in [1.54, 1.807) is 19.2 Å². The molecule has 15 heavy (non-hydrogen) atoms. The molecule has 0 aromatic heterocycles. The number of halogens is 1. The van der Waals surface area contributed by atoms with E-state index < -0.39 is 0 Å². The topological polar surface area (TPSA) is 35.2 Å². The maximum atomic E-state index is 13.4. The van der Waals surface area contributed by atoms with Crippen molar-refractivity contribution in [2.24, 2.45) is 5.73 Å². The monoisotopic (exact) mass is 209 g/mol. The minimum absolute atomic E-state index is 0.0183. The van der Waals surface area contributed by atoms with Crippen LogP contribution < -0.4 is 10.5 Å². The highest BCUT2D eigenvalue weighted by Crippen LogP contribution is 2.36. The Labute approximate surface area is 89.2 Å². The fraction of sp³-hybridized carbons (Fsp3) is 0.500. The van der Waals surface area contributed by atoms with Gasteiger partial charge in [0.25, 0.3) is 0 Å². The third kappa shape index (κ3) is 2.48. The minimum atomic E-state index is -0.167. The minimum Gasteiger partial charge on any atom is -0.497 e. The third-order valence-electron chi connectivity index (χ3n) is 3.04. The molecular formula is C12H16FNO. The van der Waals surface area contributed by atoms with Crippen LogP contribution in [0.3, 0.4) is 0 Å². The lowest BCUT2D eigenvalue weighted by Crippen LogP contribution is -2.22. The van der Waals surface area contributed by atoms with E-state index in [0.29, 0.717) is 17.7 Å². The van der Waals surface area contributed by atoms with Crippen LogP contribution in [0.15, 0.2) is 18.2 Å². The molecule has 0 bridgehead atoms. The summed E-state index contributed by atoms with van der Waals surface area (Å²) in [4.78, 5) is 0. The zero-order valence-electron chi connectivity index (χ0n) is 8.92. The van der Waals surface area contributed by atoms with E-state index in [1.165, 1.54) is 6.07 Å². The van der Waals surface area contributed by atoms with Gasteiger partial charge in [0, 0.05) is 5.54 Å². The largest absolute Gasteiger partial charge is 0.497 e. The number of hydrogen-bond acceptors (Lipinski definition) is 2. The van der Waals surface area contributed by atoms with Gasteiger partial charge >= 0.3 is 0 Å². The average Bonchev–Trinajstić information content (AvgIpc) is 2.96. The summed E-state index contributed by atoms with van der Waals surface area (Å²) in [6, 6.07) is 4.83. The Morgan fingerprint density at radius 1 is 1.47 bits per heavy atom. The van der Waals surface area contributed by atoms with Gasteiger partial charge in [-0.05, 0) is 49.4 Å². The number of ether oxygens (including phenoxy) is 1. The van der Waals surface area contributed by atoms with Crippen LogP contribution in [0, 0.1) is 5.82 Å². The molecule has 2 N–H and O–H groups in total. The number of nitrogens with two attached hydrogens (primary N) is 1. The second kappa shape index (κ2) is 3.81. The Morgan fingerprint density at radius 3 is 2.80 bits per heavy atom. The van der Waals surface area contributed by atoms with E-state index in [1.807, 2.05) is 0 Å². The van der Waals surface area contributed by atoms with Gasteiger partial charge in [-0.3, -0.25) is 0 Å². The predicted molar refractivity (Wildman–Crippen MR) is 57.4 cm³/mol. The molecule has 1 fully saturated rings. The number of methoxy groups -OCH3 is 1. The van der Waals surface area contributed by atoms with Gasteiger partial charge < -0.3 is 10.5 Å². The first kappa shape index (κ1) is 10.4. The van der Waals surface area contributed by atoms with E-state index in [2.05, 4.69) is 0 Å². The van der Waals surface area contributed by atoms with Crippen LogP contribution in [-0.4, -0.2) is 12.6 Å². The van der Waals surface area contributed by atoms with Crippen molar-refractivity contribution in [1.29, 1.82) is 0 Å². The molecule has 0 aliphatic heterocycles. The normalized spacial score (nSPS) is 17.5. The number of aryl methyl sites for hydroxylation is 1. The summed E-state index contributed by atoms with van der Waals surface area (Å²) in [6.45, 7) is 0. The summed E-state index contributed by atoms with van der Waals surface area (Å²) >= 11 is 0. The molecule has 0 unspecified atom stereocenters. The first-order chi connectivity index (χ1) is 7.13. The summed E-state index contributed by atoms with van der Waals surface area (Å²) in [5, 5.41) is 0. The van der Waals surface area contributed by atoms with Gasteiger partial charge in [0.15, 0.2) is 0 Å². The van der Waals surface area contributed by atoms with Crippen LogP contribution >= 0.6 is 0 Å². The van der Waals surface area contributed by atoms with Crippen LogP contribution in [0.25, 0.3) is 0 Å². The second-order valence-electron chi connectivity index (χ2n) is 4.32. The molecule has 1 saturated carbocycles. The quantitative estimate of drug-likeness (QED) is 0.825. The summed E-state index contributed by atoms with van der Waals surface area (Å²) in [7, 11) is 1.59. The van der Waals surface area contributed by atoms with Crippen molar-refractivity contribution in [1.82, 2.24) is 0 Å². The zero-order chi connectivity index (χ0) is 10.9. The maximum absolute atomic E-state index is 13.4. The molecule has 1 aliphatic carbocycles. The molecule has 0 spiro atoms. The Balaban J connectivity index is 2.05. The Bertz CT molecular complexity index is 361. The highest BCUT2D eigenvalue weighted by atomic mass is 19.1. The average molecular weight is 209 g/mol. The van der Waals surface area contributed by atoms with Crippen molar-refractivity contribution in [3.63, 3.8) is 0 Å². The lowest BCUT2D eigenvalue weighted by molar-refractivity contribution is 0.412. The molecule has 82 valence electrons. The first-order valence-electron chi connectivity index (χ1n) is 5.24. The van der Waals surface area contributed by atoms with Gasteiger partial charge in [0.1, 0.15) is 11.6 Å². The van der Waals surface area contributed by atoms with Crippen molar-refractivity contribution in [3.8, 4) is 5.75 Å². The Kier molecular flexibility index (Phi) is 2.65. The van der Waals surface area contributed by atoms with Crippen molar-refractivity contribution >= 4 is 0 Å². The van der Waals surface area contributed by atoms with Crippen LogP contribution in [0.4, 0.5) is 4.39 Å². The van der Waals surface area contributed by atoms with Crippen LogP contribution in [0.2, 0.25) is 0 Å². The molecule has 1 aliphatic rings. The second-order valence-corrected chi connectivity index (χ2v) is 4.32. The standard InChI is InChI=1S/C12H16FNO/c1-15-10-2-3-11(13)9(8-10)4-5-12(14)6-7-12/h2-3,8H,4-7,14H2,1H3. The van der Waals surface area contributed by atoms with E-state index in [9.17, 15) is 4.39 Å². The molecule has 0 heterocycles. The van der Waals surface area contributed by atoms with Gasteiger partial charge in [-0.25, -0.2) is 4.39 Å². The van der Waals surface area contributed by atoms with Gasteiger partial charge in [0.05, 0.1) is 7.11 Å². The molecule has 1 aromatic carbocycles. The van der Waals surface area contributed by atoms with Gasteiger partial charge in [-0.2, -0.15) is 0 Å². The lowest BCUT2D eigenvalue weighted by Gasteiger charge is -2.09. The SMILES string of the molecule is COc1ccc(F)c(CCC2(N)CC2)c1.